The zero-order valence-corrected chi connectivity index (χ0v) is 13.1. The molecule has 1 atom stereocenters. The van der Waals surface area contributed by atoms with Crippen LogP contribution in [-0.2, 0) is 0 Å². The number of amides is 1. The van der Waals surface area contributed by atoms with Crippen LogP contribution in [0.3, 0.4) is 0 Å². The molecule has 0 aliphatic carbocycles. The highest BCUT2D eigenvalue weighted by atomic mass is 32.1. The van der Waals surface area contributed by atoms with E-state index in [2.05, 4.69) is 15.1 Å². The summed E-state index contributed by atoms with van der Waals surface area (Å²) in [5, 5.41) is 5.95. The largest absolute Gasteiger partial charge is 0.337 e. The number of rotatable bonds is 3. The molecule has 1 aliphatic heterocycles. The van der Waals surface area contributed by atoms with Crippen LogP contribution in [0.2, 0.25) is 0 Å². The Hall–Kier alpha value is -2.54. The van der Waals surface area contributed by atoms with Crippen molar-refractivity contribution in [3.05, 3.63) is 52.8 Å². The van der Waals surface area contributed by atoms with Crippen LogP contribution in [0.25, 0.3) is 11.4 Å². The van der Waals surface area contributed by atoms with Crippen molar-refractivity contribution in [3.63, 3.8) is 0 Å². The predicted molar refractivity (Wildman–Crippen MR) is 84.9 cm³/mol. The Kier molecular flexibility index (Phi) is 3.63. The van der Waals surface area contributed by atoms with E-state index in [1.165, 1.54) is 11.3 Å². The van der Waals surface area contributed by atoms with Gasteiger partial charge in [-0.3, -0.25) is 9.78 Å². The second-order valence-corrected chi connectivity index (χ2v) is 6.27. The number of aromatic nitrogens is 3. The van der Waals surface area contributed by atoms with Crippen LogP contribution in [0.5, 0.6) is 0 Å². The maximum absolute atomic E-state index is 12.6. The summed E-state index contributed by atoms with van der Waals surface area (Å²) in [5.74, 6) is 1.06. The minimum Gasteiger partial charge on any atom is -0.337 e. The van der Waals surface area contributed by atoms with Gasteiger partial charge in [-0.05, 0) is 36.4 Å². The van der Waals surface area contributed by atoms with Gasteiger partial charge in [-0.25, -0.2) is 0 Å². The van der Waals surface area contributed by atoms with Gasteiger partial charge in [0.1, 0.15) is 6.04 Å². The molecule has 0 radical (unpaired) electrons. The molecule has 1 fully saturated rings. The molecule has 1 aliphatic rings. The third-order valence-electron chi connectivity index (χ3n) is 3.91. The van der Waals surface area contributed by atoms with Gasteiger partial charge in [0.25, 0.3) is 5.91 Å². The lowest BCUT2D eigenvalue weighted by atomic mass is 10.2. The van der Waals surface area contributed by atoms with Gasteiger partial charge >= 0.3 is 0 Å². The van der Waals surface area contributed by atoms with E-state index in [1.54, 1.807) is 12.4 Å². The van der Waals surface area contributed by atoms with Crippen LogP contribution < -0.4 is 0 Å². The first-order valence-electron chi connectivity index (χ1n) is 7.41. The zero-order chi connectivity index (χ0) is 15.6. The van der Waals surface area contributed by atoms with E-state index in [4.69, 9.17) is 4.52 Å². The molecule has 0 unspecified atom stereocenters. The van der Waals surface area contributed by atoms with Gasteiger partial charge in [-0.2, -0.15) is 4.98 Å². The molecule has 23 heavy (non-hydrogen) atoms. The lowest BCUT2D eigenvalue weighted by Gasteiger charge is -2.20. The summed E-state index contributed by atoms with van der Waals surface area (Å²) in [6.45, 7) is 0.717. The first-order valence-corrected chi connectivity index (χ1v) is 8.29. The van der Waals surface area contributed by atoms with Crippen molar-refractivity contribution in [2.45, 2.75) is 18.9 Å². The Bertz CT molecular complexity index is 801. The van der Waals surface area contributed by atoms with Gasteiger partial charge in [-0.1, -0.05) is 11.2 Å². The van der Waals surface area contributed by atoms with Crippen molar-refractivity contribution >= 4 is 17.2 Å². The number of pyridine rings is 1. The highest BCUT2D eigenvalue weighted by Crippen LogP contribution is 2.33. The number of nitrogens with zero attached hydrogens (tertiary/aromatic N) is 4. The molecule has 6 nitrogen and oxygen atoms in total. The third kappa shape index (κ3) is 2.63. The molecule has 3 aromatic heterocycles. The van der Waals surface area contributed by atoms with Crippen molar-refractivity contribution in [1.29, 1.82) is 0 Å². The van der Waals surface area contributed by atoms with E-state index < -0.39 is 0 Å². The molecule has 1 amide bonds. The fourth-order valence-electron chi connectivity index (χ4n) is 2.80. The molecule has 0 N–H and O–H groups in total. The number of carbonyl (C=O) groups excluding carboxylic acids is 1. The van der Waals surface area contributed by atoms with E-state index >= 15 is 0 Å². The first-order chi connectivity index (χ1) is 11.3. The summed E-state index contributed by atoms with van der Waals surface area (Å²) in [5.41, 5.74) is 0.851. The number of hydrogen-bond donors (Lipinski definition) is 0. The molecular formula is C16H14N4O2S. The average molecular weight is 326 g/mol. The van der Waals surface area contributed by atoms with E-state index in [9.17, 15) is 4.79 Å². The van der Waals surface area contributed by atoms with Crippen LogP contribution in [0.1, 0.15) is 34.4 Å². The molecule has 4 rings (SSSR count). The summed E-state index contributed by atoms with van der Waals surface area (Å²) >= 11 is 1.45. The maximum atomic E-state index is 12.6. The molecule has 116 valence electrons. The van der Waals surface area contributed by atoms with Crippen molar-refractivity contribution in [2.75, 3.05) is 6.54 Å². The van der Waals surface area contributed by atoms with Crippen LogP contribution >= 0.6 is 11.3 Å². The lowest BCUT2D eigenvalue weighted by molar-refractivity contribution is 0.0715. The van der Waals surface area contributed by atoms with Crippen molar-refractivity contribution < 1.29 is 9.32 Å². The number of likely N-dealkylation sites (tertiary alicyclic amines) is 1. The van der Waals surface area contributed by atoms with Crippen LogP contribution in [0.15, 0.2) is 46.6 Å². The smallest absolute Gasteiger partial charge is 0.264 e. The second-order valence-electron chi connectivity index (χ2n) is 5.33. The van der Waals surface area contributed by atoms with Gasteiger partial charge in [0.15, 0.2) is 0 Å². The van der Waals surface area contributed by atoms with Crippen LogP contribution in [0.4, 0.5) is 0 Å². The third-order valence-corrected chi connectivity index (χ3v) is 4.77. The minimum atomic E-state index is -0.146. The second kappa shape index (κ2) is 5.92. The van der Waals surface area contributed by atoms with Crippen LogP contribution in [0, 0.1) is 0 Å². The minimum absolute atomic E-state index is 0.0335. The van der Waals surface area contributed by atoms with Gasteiger partial charge in [0, 0.05) is 24.5 Å². The molecule has 0 spiro atoms. The summed E-state index contributed by atoms with van der Waals surface area (Å²) < 4.78 is 5.43. The lowest BCUT2D eigenvalue weighted by Crippen LogP contribution is -2.30. The molecule has 3 aromatic rings. The van der Waals surface area contributed by atoms with E-state index in [1.807, 2.05) is 34.5 Å². The number of carbonyl (C=O) groups is 1. The molecule has 0 saturated carbocycles. The van der Waals surface area contributed by atoms with Gasteiger partial charge in [-0.15, -0.1) is 11.3 Å². The Labute approximate surface area is 136 Å². The Morgan fingerprint density at radius 2 is 2.17 bits per heavy atom. The molecule has 1 saturated heterocycles. The topological polar surface area (TPSA) is 72.1 Å². The molecule has 7 heteroatoms. The zero-order valence-electron chi connectivity index (χ0n) is 12.3. The standard InChI is InChI=1S/C16H14N4O2S/c21-16(13-4-2-10-23-13)20-9-1-3-12(20)15-18-14(19-22-15)11-5-7-17-8-6-11/h2,4-8,10,12H,1,3,9H2/t12-/m1/s1. The average Bonchev–Trinajstić information content (AvgIpc) is 3.35. The van der Waals surface area contributed by atoms with Crippen molar-refractivity contribution in [3.8, 4) is 11.4 Å². The fraction of sp³-hybridized carbons (Fsp3) is 0.250. The van der Waals surface area contributed by atoms with Gasteiger partial charge in [0.2, 0.25) is 11.7 Å². The van der Waals surface area contributed by atoms with Crippen molar-refractivity contribution in [2.24, 2.45) is 0 Å². The van der Waals surface area contributed by atoms with Gasteiger partial charge < -0.3 is 9.42 Å². The Morgan fingerprint density at radius 1 is 1.30 bits per heavy atom. The maximum Gasteiger partial charge on any atom is 0.264 e. The normalized spacial score (nSPS) is 17.6. The highest BCUT2D eigenvalue weighted by Gasteiger charge is 2.34. The first kappa shape index (κ1) is 14.1. The molecular weight excluding hydrogens is 312 g/mol. The van der Waals surface area contributed by atoms with Gasteiger partial charge in [0.05, 0.1) is 4.88 Å². The van der Waals surface area contributed by atoms with E-state index in [0.29, 0.717) is 18.3 Å². The number of thiophene rings is 1. The number of hydrogen-bond acceptors (Lipinski definition) is 6. The molecule has 4 heterocycles. The van der Waals surface area contributed by atoms with Crippen LogP contribution in [-0.4, -0.2) is 32.5 Å². The summed E-state index contributed by atoms with van der Waals surface area (Å²) in [6, 6.07) is 7.25. The fourth-order valence-corrected chi connectivity index (χ4v) is 3.48. The predicted octanol–water partition coefficient (Wildman–Crippen LogP) is 3.17. The molecule has 0 bridgehead atoms. The Morgan fingerprint density at radius 3 is 2.96 bits per heavy atom. The van der Waals surface area contributed by atoms with E-state index in [0.717, 1.165) is 23.3 Å². The summed E-state index contributed by atoms with van der Waals surface area (Å²) in [6.07, 6.45) is 5.16. The summed E-state index contributed by atoms with van der Waals surface area (Å²) in [4.78, 5) is 23.6. The summed E-state index contributed by atoms with van der Waals surface area (Å²) in [7, 11) is 0. The van der Waals surface area contributed by atoms with Crippen molar-refractivity contribution in [1.82, 2.24) is 20.0 Å². The SMILES string of the molecule is O=C(c1cccs1)N1CCC[C@@H]1c1nc(-c2ccncc2)no1. The highest BCUT2D eigenvalue weighted by molar-refractivity contribution is 7.12. The van der Waals surface area contributed by atoms with E-state index in [-0.39, 0.29) is 11.9 Å². The Balaban J connectivity index is 1.60. The monoisotopic (exact) mass is 326 g/mol. The quantitative estimate of drug-likeness (QED) is 0.739. The molecule has 0 aromatic carbocycles.